The van der Waals surface area contributed by atoms with E-state index in [0.29, 0.717) is 5.70 Å². The summed E-state index contributed by atoms with van der Waals surface area (Å²) in [6.07, 6.45) is 1.21. The summed E-state index contributed by atoms with van der Waals surface area (Å²) in [5.74, 6) is -0.853. The van der Waals surface area contributed by atoms with Gasteiger partial charge in [0.2, 0.25) is 0 Å². The van der Waals surface area contributed by atoms with Crippen LogP contribution in [0.15, 0.2) is 22.0 Å². The van der Waals surface area contributed by atoms with Crippen LogP contribution in [0, 0.1) is 0 Å². The summed E-state index contributed by atoms with van der Waals surface area (Å²) < 4.78 is 4.35. The van der Waals surface area contributed by atoms with E-state index in [9.17, 15) is 9.59 Å². The van der Waals surface area contributed by atoms with E-state index < -0.39 is 11.9 Å². The first-order valence-corrected chi connectivity index (χ1v) is 2.95. The molecular formula is C6H6N2O3. The molecule has 1 aliphatic rings. The number of hydrogen-bond donors (Lipinski definition) is 0. The van der Waals surface area contributed by atoms with E-state index in [1.54, 1.807) is 0 Å². The highest BCUT2D eigenvalue weighted by atomic mass is 16.5. The third-order valence-corrected chi connectivity index (χ3v) is 1.12. The molecule has 0 radical (unpaired) electrons. The molecule has 0 saturated heterocycles. The average Bonchev–Trinajstić information content (AvgIpc) is 2.35. The van der Waals surface area contributed by atoms with Crippen LogP contribution in [0.2, 0.25) is 0 Å². The van der Waals surface area contributed by atoms with Gasteiger partial charge in [-0.1, -0.05) is 0 Å². The molecule has 0 aromatic heterocycles. The summed E-state index contributed by atoms with van der Waals surface area (Å²) in [6.45, 7) is 0. The fraction of sp³-hybridized carbons (Fsp3) is 0.333. The van der Waals surface area contributed by atoms with E-state index in [4.69, 9.17) is 0 Å². The van der Waals surface area contributed by atoms with E-state index in [1.165, 1.54) is 13.2 Å². The Morgan fingerprint density at radius 3 is 2.82 bits per heavy atom. The normalized spacial score (nSPS) is 15.0. The molecule has 0 bridgehead atoms. The highest BCUT2D eigenvalue weighted by molar-refractivity contribution is 5.91. The predicted octanol–water partition coefficient (Wildman–Crippen LogP) is 0.426. The number of hydrogen-bond acceptors (Lipinski definition) is 4. The zero-order valence-corrected chi connectivity index (χ0v) is 5.90. The van der Waals surface area contributed by atoms with Gasteiger partial charge in [-0.25, -0.2) is 0 Å². The summed E-state index contributed by atoms with van der Waals surface area (Å²) in [6, 6.07) is 0. The van der Waals surface area contributed by atoms with Gasteiger partial charge in [0.15, 0.2) is 0 Å². The number of carbonyl (C=O) groups is 2. The Bertz CT molecular complexity index is 255. The Morgan fingerprint density at radius 2 is 2.36 bits per heavy atom. The Kier molecular flexibility index (Phi) is 2.10. The first kappa shape index (κ1) is 7.59. The lowest BCUT2D eigenvalue weighted by Gasteiger charge is -1.93. The highest BCUT2D eigenvalue weighted by Crippen LogP contribution is 2.11. The van der Waals surface area contributed by atoms with Gasteiger partial charge in [0.05, 0.1) is 19.2 Å². The summed E-state index contributed by atoms with van der Waals surface area (Å²) in [5.41, 5.74) is 0.349. The molecule has 0 unspecified atom stereocenters. The van der Waals surface area contributed by atoms with Crippen molar-refractivity contribution in [3.8, 4) is 0 Å². The lowest BCUT2D eigenvalue weighted by Crippen LogP contribution is -1.99. The van der Waals surface area contributed by atoms with Crippen molar-refractivity contribution in [2.45, 2.75) is 6.42 Å². The van der Waals surface area contributed by atoms with Crippen molar-refractivity contribution in [2.24, 2.45) is 10.2 Å². The number of nitrogens with zero attached hydrogens (tertiary/aromatic N) is 2. The largest absolute Gasteiger partial charge is 0.469 e. The van der Waals surface area contributed by atoms with E-state index in [0.717, 1.165) is 0 Å². The molecule has 1 amide bonds. The van der Waals surface area contributed by atoms with E-state index in [-0.39, 0.29) is 6.42 Å². The monoisotopic (exact) mass is 154 g/mol. The van der Waals surface area contributed by atoms with Gasteiger partial charge in [-0.15, -0.1) is 5.11 Å². The van der Waals surface area contributed by atoms with Gasteiger partial charge in [-0.2, -0.15) is 5.11 Å². The maximum absolute atomic E-state index is 10.6. The van der Waals surface area contributed by atoms with Crippen molar-refractivity contribution in [3.63, 3.8) is 0 Å². The molecule has 0 fully saturated rings. The summed E-state index contributed by atoms with van der Waals surface area (Å²) in [5, 5.41) is 6.63. The fourth-order valence-corrected chi connectivity index (χ4v) is 0.620. The fourth-order valence-electron chi connectivity index (χ4n) is 0.620. The Morgan fingerprint density at radius 1 is 1.64 bits per heavy atom. The van der Waals surface area contributed by atoms with Crippen molar-refractivity contribution in [3.05, 3.63) is 11.8 Å². The van der Waals surface area contributed by atoms with Gasteiger partial charge in [0.25, 0.3) is 5.91 Å². The molecule has 0 aromatic rings. The van der Waals surface area contributed by atoms with Crippen LogP contribution in [0.1, 0.15) is 6.42 Å². The Labute approximate surface area is 62.8 Å². The molecular weight excluding hydrogens is 148 g/mol. The zero-order chi connectivity index (χ0) is 8.27. The number of esters is 1. The SMILES string of the molecule is COC(=O)CC1=CC(=O)N=N1. The highest BCUT2D eigenvalue weighted by Gasteiger charge is 2.11. The van der Waals surface area contributed by atoms with Gasteiger partial charge in [-0.3, -0.25) is 9.59 Å². The number of ether oxygens (including phenoxy) is 1. The minimum Gasteiger partial charge on any atom is -0.469 e. The summed E-state index contributed by atoms with van der Waals surface area (Å²) >= 11 is 0. The van der Waals surface area contributed by atoms with Crippen LogP contribution in [0.4, 0.5) is 0 Å². The number of carbonyl (C=O) groups excluding carboxylic acids is 2. The lowest BCUT2D eigenvalue weighted by atomic mass is 10.3. The summed E-state index contributed by atoms with van der Waals surface area (Å²) in [4.78, 5) is 21.0. The van der Waals surface area contributed by atoms with Crippen LogP contribution >= 0.6 is 0 Å². The van der Waals surface area contributed by atoms with Gasteiger partial charge < -0.3 is 4.74 Å². The van der Waals surface area contributed by atoms with Crippen molar-refractivity contribution in [2.75, 3.05) is 7.11 Å². The van der Waals surface area contributed by atoms with Crippen LogP contribution in [0.25, 0.3) is 0 Å². The zero-order valence-electron chi connectivity index (χ0n) is 5.90. The van der Waals surface area contributed by atoms with Gasteiger partial charge >= 0.3 is 5.97 Å². The Hall–Kier alpha value is -1.52. The molecule has 58 valence electrons. The topological polar surface area (TPSA) is 68.1 Å². The molecule has 0 aromatic carbocycles. The predicted molar refractivity (Wildman–Crippen MR) is 34.6 cm³/mol. The van der Waals surface area contributed by atoms with Crippen LogP contribution in [0.3, 0.4) is 0 Å². The Balaban J connectivity index is 2.52. The first-order valence-electron chi connectivity index (χ1n) is 2.95. The number of azo groups is 1. The second-order valence-electron chi connectivity index (χ2n) is 1.93. The van der Waals surface area contributed by atoms with Crippen LogP contribution in [-0.4, -0.2) is 19.0 Å². The van der Waals surface area contributed by atoms with Crippen LogP contribution in [-0.2, 0) is 14.3 Å². The quantitative estimate of drug-likeness (QED) is 0.541. The van der Waals surface area contributed by atoms with Crippen LogP contribution in [0.5, 0.6) is 0 Å². The molecule has 0 atom stereocenters. The molecule has 5 nitrogen and oxygen atoms in total. The van der Waals surface area contributed by atoms with Crippen molar-refractivity contribution < 1.29 is 14.3 Å². The second-order valence-corrected chi connectivity index (χ2v) is 1.93. The van der Waals surface area contributed by atoms with E-state index in [2.05, 4.69) is 15.0 Å². The molecule has 0 spiro atoms. The third-order valence-electron chi connectivity index (χ3n) is 1.12. The van der Waals surface area contributed by atoms with Gasteiger partial charge in [0, 0.05) is 6.08 Å². The average molecular weight is 154 g/mol. The minimum absolute atomic E-state index is 0.00569. The van der Waals surface area contributed by atoms with Crippen molar-refractivity contribution in [1.29, 1.82) is 0 Å². The number of amides is 1. The lowest BCUT2D eigenvalue weighted by molar-refractivity contribution is -0.139. The molecule has 1 aliphatic heterocycles. The molecule has 0 N–H and O–H groups in total. The standard InChI is InChI=1S/C6H6N2O3/c1-11-6(10)3-4-2-5(9)8-7-4/h2H,3H2,1H3. The molecule has 5 heteroatoms. The van der Waals surface area contributed by atoms with E-state index in [1.807, 2.05) is 0 Å². The smallest absolute Gasteiger partial charge is 0.311 e. The number of rotatable bonds is 2. The maximum atomic E-state index is 10.6. The molecule has 11 heavy (non-hydrogen) atoms. The maximum Gasteiger partial charge on any atom is 0.311 e. The number of methoxy groups -OCH3 is 1. The second kappa shape index (κ2) is 3.05. The molecule has 1 heterocycles. The van der Waals surface area contributed by atoms with Gasteiger partial charge in [0.1, 0.15) is 0 Å². The van der Waals surface area contributed by atoms with Crippen molar-refractivity contribution in [1.82, 2.24) is 0 Å². The molecule has 0 saturated carbocycles. The molecule has 1 rings (SSSR count). The first-order chi connectivity index (χ1) is 5.22. The minimum atomic E-state index is -0.427. The third kappa shape index (κ3) is 1.96. The van der Waals surface area contributed by atoms with E-state index >= 15 is 0 Å². The molecule has 0 aliphatic carbocycles. The van der Waals surface area contributed by atoms with Crippen molar-refractivity contribution >= 4 is 11.9 Å². The van der Waals surface area contributed by atoms with Gasteiger partial charge in [-0.05, 0) is 0 Å². The summed E-state index contributed by atoms with van der Waals surface area (Å²) in [7, 11) is 1.27. The van der Waals surface area contributed by atoms with Crippen LogP contribution < -0.4 is 0 Å².